The second-order valence-electron chi connectivity index (χ2n) is 6.69. The summed E-state index contributed by atoms with van der Waals surface area (Å²) in [5, 5.41) is 17.7. The van der Waals surface area contributed by atoms with Crippen molar-refractivity contribution in [2.24, 2.45) is 0 Å². The van der Waals surface area contributed by atoms with Crippen LogP contribution >= 0.6 is 15.9 Å². The molecule has 2 rings (SSSR count). The van der Waals surface area contributed by atoms with Crippen LogP contribution < -0.4 is 14.9 Å². The number of benzene rings is 2. The predicted octanol–water partition coefficient (Wildman–Crippen LogP) is 2.60. The van der Waals surface area contributed by atoms with Gasteiger partial charge in [-0.1, -0.05) is 22.0 Å². The molecule has 190 valence electrons. The van der Waals surface area contributed by atoms with E-state index in [2.05, 4.69) is 15.9 Å². The first-order valence-corrected chi connectivity index (χ1v) is 13.1. The number of nitrogens with one attached hydrogen (secondary N) is 2. The molecule has 0 spiro atoms. The standard InChI is InChI=1S/C8H9BF3NO4S.C8H7BrF3NO2S/c1-18(16,17)13-7-3-5(8(10,11)12)2-6(4-7)9(14)15;1-16(14,15)13-7-3-5(8(10,11)12)2-6(9)4-7/h2-4,13-15H,1H3;2-4,13H,1H3. The molecule has 34 heavy (non-hydrogen) atoms. The zero-order chi connectivity index (χ0) is 26.7. The summed E-state index contributed by atoms with van der Waals surface area (Å²) in [5.41, 5.74) is -3.09. The van der Waals surface area contributed by atoms with Crippen molar-refractivity contribution >= 4 is 59.9 Å². The molecule has 0 unspecified atom stereocenters. The SMILES string of the molecule is CS(=O)(=O)Nc1cc(B(O)O)cc(C(F)(F)F)c1.CS(=O)(=O)Nc1cc(Br)cc(C(F)(F)F)c1. The van der Waals surface area contributed by atoms with Crippen molar-refractivity contribution in [3.63, 3.8) is 0 Å². The molecule has 0 heterocycles. The van der Waals surface area contributed by atoms with Crippen molar-refractivity contribution in [3.05, 3.63) is 52.0 Å². The Morgan fingerprint density at radius 1 is 0.735 bits per heavy atom. The summed E-state index contributed by atoms with van der Waals surface area (Å²) in [6.07, 6.45) is -7.61. The topological polar surface area (TPSA) is 133 Å². The molecule has 0 aliphatic rings. The Labute approximate surface area is 199 Å². The maximum atomic E-state index is 12.5. The second kappa shape index (κ2) is 10.7. The molecule has 0 bridgehead atoms. The highest BCUT2D eigenvalue weighted by Crippen LogP contribution is 2.33. The molecule has 0 saturated carbocycles. The number of sulfonamides is 2. The van der Waals surface area contributed by atoms with E-state index in [1.807, 2.05) is 9.44 Å². The van der Waals surface area contributed by atoms with Gasteiger partial charge >= 0.3 is 19.5 Å². The molecule has 0 atom stereocenters. The van der Waals surface area contributed by atoms with Crippen LogP contribution in [0.15, 0.2) is 40.9 Å². The zero-order valence-electron chi connectivity index (χ0n) is 17.0. The lowest BCUT2D eigenvalue weighted by molar-refractivity contribution is -0.138. The number of hydrogen-bond donors (Lipinski definition) is 4. The molecule has 0 radical (unpaired) electrons. The van der Waals surface area contributed by atoms with Gasteiger partial charge in [0, 0.05) is 10.2 Å². The fourth-order valence-corrected chi connectivity index (χ4v) is 3.85. The van der Waals surface area contributed by atoms with E-state index in [1.165, 1.54) is 6.07 Å². The van der Waals surface area contributed by atoms with Crippen LogP contribution in [0.1, 0.15) is 11.1 Å². The summed E-state index contributed by atoms with van der Waals surface area (Å²) in [6.45, 7) is 0. The zero-order valence-corrected chi connectivity index (χ0v) is 20.3. The van der Waals surface area contributed by atoms with Gasteiger partial charge in [-0.2, -0.15) is 26.3 Å². The summed E-state index contributed by atoms with van der Waals surface area (Å²) in [5.74, 6) is 0. The third kappa shape index (κ3) is 10.9. The molecule has 0 aromatic heterocycles. The molecule has 0 saturated heterocycles. The monoisotopic (exact) mass is 600 g/mol. The first-order chi connectivity index (χ1) is 15.1. The average molecular weight is 601 g/mol. The minimum absolute atomic E-state index is 0.135. The van der Waals surface area contributed by atoms with Crippen molar-refractivity contribution in [2.45, 2.75) is 12.4 Å². The molecule has 2 aromatic rings. The number of anilines is 2. The smallest absolute Gasteiger partial charge is 0.423 e. The van der Waals surface area contributed by atoms with E-state index < -0.39 is 61.8 Å². The fourth-order valence-electron chi connectivity index (χ4n) is 2.26. The highest BCUT2D eigenvalue weighted by Gasteiger charge is 2.33. The molecule has 0 amide bonds. The Morgan fingerprint density at radius 2 is 1.12 bits per heavy atom. The first-order valence-electron chi connectivity index (χ1n) is 8.48. The van der Waals surface area contributed by atoms with Crippen molar-refractivity contribution in [3.8, 4) is 0 Å². The quantitative estimate of drug-likeness (QED) is 0.308. The normalized spacial score (nSPS) is 12.4. The van der Waals surface area contributed by atoms with Gasteiger partial charge in [0.1, 0.15) is 0 Å². The minimum Gasteiger partial charge on any atom is -0.423 e. The van der Waals surface area contributed by atoms with Gasteiger partial charge in [0.25, 0.3) is 0 Å². The molecule has 0 aliphatic carbocycles. The third-order valence-electron chi connectivity index (χ3n) is 3.41. The summed E-state index contributed by atoms with van der Waals surface area (Å²) in [7, 11) is -9.49. The van der Waals surface area contributed by atoms with Gasteiger partial charge in [0.2, 0.25) is 20.0 Å². The van der Waals surface area contributed by atoms with Crippen LogP contribution in [0.5, 0.6) is 0 Å². The van der Waals surface area contributed by atoms with Crippen LogP contribution in [0.25, 0.3) is 0 Å². The minimum atomic E-state index is -4.72. The molecule has 0 aliphatic heterocycles. The molecule has 8 nitrogen and oxygen atoms in total. The maximum absolute atomic E-state index is 12.5. The molecule has 2 aromatic carbocycles. The number of hydrogen-bond acceptors (Lipinski definition) is 6. The lowest BCUT2D eigenvalue weighted by Gasteiger charge is -2.12. The van der Waals surface area contributed by atoms with Gasteiger partial charge in [-0.05, 0) is 35.8 Å². The van der Waals surface area contributed by atoms with E-state index in [-0.39, 0.29) is 10.2 Å². The van der Waals surface area contributed by atoms with Crippen molar-refractivity contribution < 1.29 is 53.2 Å². The van der Waals surface area contributed by atoms with Crippen LogP contribution in [0.2, 0.25) is 0 Å². The van der Waals surface area contributed by atoms with Crippen LogP contribution in [-0.2, 0) is 32.4 Å². The van der Waals surface area contributed by atoms with Gasteiger partial charge in [-0.15, -0.1) is 0 Å². The Balaban J connectivity index is 0.000000342. The van der Waals surface area contributed by atoms with Crippen LogP contribution in [-0.4, -0.2) is 46.5 Å². The van der Waals surface area contributed by atoms with E-state index in [9.17, 15) is 43.2 Å². The molecule has 4 N–H and O–H groups in total. The Bertz CT molecular complexity index is 1240. The van der Waals surface area contributed by atoms with Gasteiger partial charge in [0.05, 0.1) is 29.3 Å². The summed E-state index contributed by atoms with van der Waals surface area (Å²) < 4.78 is 122. The van der Waals surface area contributed by atoms with Gasteiger partial charge in [0.15, 0.2) is 0 Å². The van der Waals surface area contributed by atoms with E-state index in [0.717, 1.165) is 30.7 Å². The van der Waals surface area contributed by atoms with Crippen molar-refractivity contribution in [1.82, 2.24) is 0 Å². The average Bonchev–Trinajstić information content (AvgIpc) is 2.57. The molecule has 0 fully saturated rings. The van der Waals surface area contributed by atoms with E-state index in [0.29, 0.717) is 12.1 Å². The van der Waals surface area contributed by atoms with Crippen LogP contribution in [0.4, 0.5) is 37.7 Å². The maximum Gasteiger partial charge on any atom is 0.488 e. The number of alkyl halides is 6. The van der Waals surface area contributed by atoms with Gasteiger partial charge in [-0.25, -0.2) is 16.8 Å². The van der Waals surface area contributed by atoms with Crippen LogP contribution in [0.3, 0.4) is 0 Å². The third-order valence-corrected chi connectivity index (χ3v) is 5.08. The van der Waals surface area contributed by atoms with Gasteiger partial charge in [-0.3, -0.25) is 9.44 Å². The van der Waals surface area contributed by atoms with Crippen molar-refractivity contribution in [2.75, 3.05) is 22.0 Å². The Morgan fingerprint density at radius 3 is 1.47 bits per heavy atom. The van der Waals surface area contributed by atoms with E-state index in [4.69, 9.17) is 10.0 Å². The van der Waals surface area contributed by atoms with Crippen molar-refractivity contribution in [1.29, 1.82) is 0 Å². The lowest BCUT2D eigenvalue weighted by atomic mass is 9.79. The second-order valence-corrected chi connectivity index (χ2v) is 11.1. The Kier molecular flexibility index (Phi) is 9.46. The lowest BCUT2D eigenvalue weighted by Crippen LogP contribution is -2.31. The largest absolute Gasteiger partial charge is 0.488 e. The summed E-state index contributed by atoms with van der Waals surface area (Å²) >= 11 is 2.88. The van der Waals surface area contributed by atoms with E-state index >= 15 is 0 Å². The van der Waals surface area contributed by atoms with Gasteiger partial charge < -0.3 is 10.0 Å². The van der Waals surface area contributed by atoms with E-state index in [1.54, 1.807) is 0 Å². The first kappa shape index (κ1) is 30.0. The summed E-state index contributed by atoms with van der Waals surface area (Å²) in [4.78, 5) is 0. The predicted molar refractivity (Wildman–Crippen MR) is 117 cm³/mol. The molecular weight excluding hydrogens is 585 g/mol. The fraction of sp³-hybridized carbons (Fsp3) is 0.250. The van der Waals surface area contributed by atoms with Crippen LogP contribution in [0, 0.1) is 0 Å². The number of rotatable bonds is 5. The highest BCUT2D eigenvalue weighted by atomic mass is 79.9. The molecular formula is C16H16BBrF6N2O6S2. The highest BCUT2D eigenvalue weighted by molar-refractivity contribution is 9.10. The Hall–Kier alpha value is -2.02. The molecule has 18 heteroatoms. The number of halogens is 7. The summed E-state index contributed by atoms with van der Waals surface area (Å²) in [6, 6.07) is 4.83.